The molecule has 1 aliphatic rings. The smallest absolute Gasteiger partial charge is 0.241 e. The molecule has 1 aromatic carbocycles. The summed E-state index contributed by atoms with van der Waals surface area (Å²) in [6.45, 7) is 4.97. The number of piperazine rings is 1. The Kier molecular flexibility index (Phi) is 7.96. The van der Waals surface area contributed by atoms with Crippen LogP contribution >= 0.6 is 0 Å². The van der Waals surface area contributed by atoms with E-state index in [1.54, 1.807) is 6.07 Å². The number of pyridine rings is 2. The van der Waals surface area contributed by atoms with E-state index >= 15 is 0 Å². The van der Waals surface area contributed by atoms with Gasteiger partial charge < -0.3 is 26.5 Å². The fourth-order valence-electron chi connectivity index (χ4n) is 4.06. The molecule has 1 aliphatic heterocycles. The van der Waals surface area contributed by atoms with Gasteiger partial charge in [-0.1, -0.05) is 31.2 Å². The number of hydrogen-bond donors (Lipinski definition) is 5. The first-order valence-corrected chi connectivity index (χ1v) is 11.9. The van der Waals surface area contributed by atoms with Crippen LogP contribution in [0.25, 0.3) is 11.3 Å². The molecule has 0 saturated carbocycles. The Morgan fingerprint density at radius 3 is 2.31 bits per heavy atom. The van der Waals surface area contributed by atoms with Gasteiger partial charge in [0.15, 0.2) is 5.82 Å². The van der Waals surface area contributed by atoms with Crippen LogP contribution in [0.4, 0.5) is 28.8 Å². The molecular weight excluding hydrogens is 460 g/mol. The second-order valence-electron chi connectivity index (χ2n) is 8.69. The van der Waals surface area contributed by atoms with Crippen LogP contribution in [-0.4, -0.2) is 65.8 Å². The van der Waals surface area contributed by atoms with Crippen molar-refractivity contribution in [2.45, 2.75) is 13.3 Å². The third-order valence-electron chi connectivity index (χ3n) is 6.10. The summed E-state index contributed by atoms with van der Waals surface area (Å²) in [6.07, 6.45) is 0.950. The Morgan fingerprint density at radius 1 is 1.03 bits per heavy atom. The van der Waals surface area contributed by atoms with Crippen LogP contribution in [0.15, 0.2) is 48.5 Å². The maximum absolute atomic E-state index is 12.8. The lowest BCUT2D eigenvalue weighted by atomic mass is 10.0. The lowest BCUT2D eigenvalue weighted by Gasteiger charge is -2.33. The van der Waals surface area contributed by atoms with E-state index in [0.29, 0.717) is 37.8 Å². The van der Waals surface area contributed by atoms with Gasteiger partial charge in [-0.05, 0) is 37.2 Å². The first-order valence-electron chi connectivity index (χ1n) is 11.9. The molecule has 2 aromatic heterocycles. The molecule has 36 heavy (non-hydrogen) atoms. The molecule has 3 aromatic rings. The van der Waals surface area contributed by atoms with Gasteiger partial charge in [-0.15, -0.1) is 0 Å². The molecule has 11 heteroatoms. The largest absolute Gasteiger partial charge is 0.595 e. The van der Waals surface area contributed by atoms with Crippen molar-refractivity contribution < 1.29 is 15.2 Å². The molecule has 1 fully saturated rings. The molecule has 0 spiro atoms. The number of quaternary nitrogens is 1. The highest BCUT2D eigenvalue weighted by atomic mass is 16.8. The Hall–Kier alpha value is -3.77. The number of aromatic nitrogens is 2. The minimum absolute atomic E-state index is 0.0266. The summed E-state index contributed by atoms with van der Waals surface area (Å²) in [4.78, 5) is 25.6. The number of anilines is 4. The third-order valence-corrected chi connectivity index (χ3v) is 6.10. The molecule has 1 atom stereocenters. The van der Waals surface area contributed by atoms with Crippen molar-refractivity contribution in [3.8, 4) is 11.3 Å². The van der Waals surface area contributed by atoms with Crippen molar-refractivity contribution in [1.82, 2.24) is 14.9 Å². The van der Waals surface area contributed by atoms with Crippen molar-refractivity contribution in [1.29, 1.82) is 0 Å². The average molecular weight is 493 g/mol. The highest BCUT2D eigenvalue weighted by molar-refractivity contribution is 5.99. The normalized spacial score (nSPS) is 15.1. The molecule has 0 aliphatic carbocycles. The van der Waals surface area contributed by atoms with Crippen molar-refractivity contribution >= 4 is 34.7 Å². The van der Waals surface area contributed by atoms with Crippen LogP contribution in [0.5, 0.6) is 0 Å². The number of benzene rings is 1. The lowest BCUT2D eigenvalue weighted by Crippen LogP contribution is -2.99. The van der Waals surface area contributed by atoms with E-state index in [2.05, 4.69) is 34.7 Å². The second-order valence-corrected chi connectivity index (χ2v) is 8.69. The fraction of sp³-hybridized carbons (Fsp3) is 0.320. The number of carbonyl (C=O) groups is 1. The summed E-state index contributed by atoms with van der Waals surface area (Å²) < 4.78 is 0. The minimum Gasteiger partial charge on any atom is -0.595 e. The van der Waals surface area contributed by atoms with Crippen LogP contribution in [0.3, 0.4) is 0 Å². The van der Waals surface area contributed by atoms with E-state index in [9.17, 15) is 10.0 Å². The molecule has 3 heterocycles. The van der Waals surface area contributed by atoms with E-state index in [1.165, 1.54) is 11.6 Å². The van der Waals surface area contributed by atoms with Gasteiger partial charge in [-0.2, -0.15) is 5.23 Å². The van der Waals surface area contributed by atoms with Gasteiger partial charge >= 0.3 is 0 Å². The van der Waals surface area contributed by atoms with Crippen molar-refractivity contribution in [3.05, 3.63) is 59.3 Å². The van der Waals surface area contributed by atoms with Gasteiger partial charge in [0.1, 0.15) is 11.6 Å². The van der Waals surface area contributed by atoms with Gasteiger partial charge in [0.05, 0.1) is 17.9 Å². The molecule has 0 bridgehead atoms. The summed E-state index contributed by atoms with van der Waals surface area (Å²) in [6, 6.07) is 15.1. The predicted molar refractivity (Wildman–Crippen MR) is 140 cm³/mol. The van der Waals surface area contributed by atoms with Crippen LogP contribution in [-0.2, 0) is 11.2 Å². The molecule has 11 nitrogen and oxygen atoms in total. The molecular formula is C25H32N8O3. The molecule has 0 radical (unpaired) electrons. The first-order chi connectivity index (χ1) is 17.4. The van der Waals surface area contributed by atoms with Crippen LogP contribution in [0.1, 0.15) is 12.5 Å². The standard InChI is InChI=1S/C25H32N8O3/c1-3-17-4-6-18(7-5-17)24-19(32-15-14-31(2)16-23(32)34)8-10-21(29-24)27-12-13-28-22-11-9-20(33(35)36)25(26)30-22/h4-11,33,35H,3,12-16H2,1-2H3,(H,27,29)(H3,26,28,30). The Bertz CT molecular complexity index is 1200. The fourth-order valence-corrected chi connectivity index (χ4v) is 4.06. The lowest BCUT2D eigenvalue weighted by molar-refractivity contribution is -0.990. The van der Waals surface area contributed by atoms with Gasteiger partial charge in [-0.25, -0.2) is 15.2 Å². The topological polar surface area (TPSA) is 147 Å². The third kappa shape index (κ3) is 5.89. The Balaban J connectivity index is 1.49. The first kappa shape index (κ1) is 25.3. The van der Waals surface area contributed by atoms with Crippen molar-refractivity contribution in [3.63, 3.8) is 0 Å². The Morgan fingerprint density at radius 2 is 1.69 bits per heavy atom. The minimum atomic E-state index is -1.11. The predicted octanol–water partition coefficient (Wildman–Crippen LogP) is 1.49. The number of nitrogens with one attached hydrogen (secondary N) is 3. The highest BCUT2D eigenvalue weighted by Gasteiger charge is 2.26. The monoisotopic (exact) mass is 492 g/mol. The van der Waals surface area contributed by atoms with E-state index in [-0.39, 0.29) is 17.4 Å². The maximum atomic E-state index is 12.8. The number of aryl methyl sites for hydroxylation is 1. The van der Waals surface area contributed by atoms with E-state index in [4.69, 9.17) is 15.9 Å². The molecule has 1 amide bonds. The number of nitrogens with two attached hydrogens (primary N) is 1. The molecule has 1 unspecified atom stereocenters. The van der Waals surface area contributed by atoms with Gasteiger partial charge in [-0.3, -0.25) is 9.69 Å². The summed E-state index contributed by atoms with van der Waals surface area (Å²) in [7, 11) is 1.95. The van der Waals surface area contributed by atoms with Crippen molar-refractivity contribution in [2.75, 3.05) is 61.0 Å². The zero-order valence-corrected chi connectivity index (χ0v) is 20.5. The maximum Gasteiger partial charge on any atom is 0.241 e. The van der Waals surface area contributed by atoms with Gasteiger partial charge in [0, 0.05) is 37.8 Å². The van der Waals surface area contributed by atoms with Crippen LogP contribution in [0.2, 0.25) is 0 Å². The van der Waals surface area contributed by atoms with Gasteiger partial charge in [0.2, 0.25) is 11.6 Å². The number of rotatable bonds is 9. The average Bonchev–Trinajstić information content (AvgIpc) is 2.87. The zero-order valence-electron chi connectivity index (χ0n) is 20.5. The summed E-state index contributed by atoms with van der Waals surface area (Å²) in [5.74, 6) is 1.20. The summed E-state index contributed by atoms with van der Waals surface area (Å²) >= 11 is 0. The number of likely N-dealkylation sites (N-methyl/N-ethyl adjacent to an activating group) is 1. The van der Waals surface area contributed by atoms with Crippen LogP contribution in [0, 0.1) is 5.21 Å². The molecule has 190 valence electrons. The van der Waals surface area contributed by atoms with Crippen LogP contribution < -0.4 is 26.5 Å². The number of hydrogen-bond acceptors (Lipinski definition) is 9. The van der Waals surface area contributed by atoms with Crippen molar-refractivity contribution in [2.24, 2.45) is 0 Å². The van der Waals surface area contributed by atoms with E-state index < -0.39 is 5.23 Å². The number of nitrogen functional groups attached to an aromatic ring is 1. The number of nitrogens with zero attached hydrogens (tertiary/aromatic N) is 4. The van der Waals surface area contributed by atoms with E-state index in [1.807, 2.05) is 41.1 Å². The van der Waals surface area contributed by atoms with Gasteiger partial charge in [0.25, 0.3) is 0 Å². The SMILES string of the molecule is CCc1ccc(-c2nc(NCCNc3ccc([NH+]([O-])O)c(N)n3)ccc2N2CCN(C)CC2=O)cc1. The quantitative estimate of drug-likeness (QED) is 0.221. The Labute approximate surface area is 210 Å². The second kappa shape index (κ2) is 11.3. The number of amides is 1. The molecule has 6 N–H and O–H groups in total. The zero-order chi connectivity index (χ0) is 25.7. The molecule has 4 rings (SSSR count). The highest BCUT2D eigenvalue weighted by Crippen LogP contribution is 2.32. The summed E-state index contributed by atoms with van der Waals surface area (Å²) in [5.41, 5.74) is 9.44. The van der Waals surface area contributed by atoms with E-state index in [0.717, 1.165) is 29.9 Å². The summed E-state index contributed by atoms with van der Waals surface area (Å²) in [5, 5.41) is 25.5. The molecule has 1 saturated heterocycles. The number of carbonyl (C=O) groups excluding carboxylic acids is 1.